The predicted molar refractivity (Wildman–Crippen MR) is 70.1 cm³/mol. The van der Waals surface area contributed by atoms with E-state index in [0.717, 1.165) is 12.1 Å². The number of amides is 1. The Balaban J connectivity index is 1.85. The second-order valence-electron chi connectivity index (χ2n) is 5.81. The lowest BCUT2D eigenvalue weighted by atomic mass is 9.88. The summed E-state index contributed by atoms with van der Waals surface area (Å²) >= 11 is 0. The van der Waals surface area contributed by atoms with Crippen molar-refractivity contribution in [1.82, 2.24) is 5.06 Å². The number of hydroxylamine groups is 2. The van der Waals surface area contributed by atoms with Gasteiger partial charge in [-0.15, -0.1) is 0 Å². The molecule has 2 aliphatic rings. The molecule has 1 aromatic rings. The zero-order chi connectivity index (χ0) is 15.0. The van der Waals surface area contributed by atoms with E-state index in [0.29, 0.717) is 38.2 Å². The van der Waals surface area contributed by atoms with Gasteiger partial charge in [-0.3, -0.25) is 9.63 Å². The van der Waals surface area contributed by atoms with Gasteiger partial charge in [0.25, 0.3) is 5.91 Å². The molecule has 0 saturated carbocycles. The number of halogens is 2. The molecular weight excluding hydrogens is 280 g/mol. The van der Waals surface area contributed by atoms with Crippen LogP contribution in [-0.4, -0.2) is 30.8 Å². The molecule has 2 aliphatic heterocycles. The maximum absolute atomic E-state index is 13.4. The second kappa shape index (κ2) is 5.35. The van der Waals surface area contributed by atoms with Crippen LogP contribution in [0.5, 0.6) is 0 Å². The van der Waals surface area contributed by atoms with Crippen molar-refractivity contribution in [2.75, 3.05) is 19.8 Å². The Labute approximate surface area is 121 Å². The summed E-state index contributed by atoms with van der Waals surface area (Å²) in [6, 6.07) is 3.31. The molecule has 2 fully saturated rings. The summed E-state index contributed by atoms with van der Waals surface area (Å²) in [4.78, 5) is 18.1. The lowest BCUT2D eigenvalue weighted by molar-refractivity contribution is -0.187. The molecule has 0 spiro atoms. The molecule has 3 rings (SSSR count). The molecule has 2 saturated heterocycles. The Morgan fingerprint density at radius 3 is 2.81 bits per heavy atom. The molecule has 6 heteroatoms. The minimum atomic E-state index is -0.915. The highest BCUT2D eigenvalue weighted by Crippen LogP contribution is 2.38. The van der Waals surface area contributed by atoms with E-state index < -0.39 is 17.0 Å². The van der Waals surface area contributed by atoms with Gasteiger partial charge >= 0.3 is 0 Å². The summed E-state index contributed by atoms with van der Waals surface area (Å²) in [5.41, 5.74) is -0.0662. The van der Waals surface area contributed by atoms with Gasteiger partial charge in [-0.2, -0.15) is 0 Å². The van der Waals surface area contributed by atoms with Gasteiger partial charge in [0.1, 0.15) is 0 Å². The average Bonchev–Trinajstić information content (AvgIpc) is 3.10. The fourth-order valence-corrected chi connectivity index (χ4v) is 2.79. The van der Waals surface area contributed by atoms with Crippen LogP contribution in [0.25, 0.3) is 0 Å². The largest absolute Gasteiger partial charge is 0.380 e. The SMILES string of the molecule is C[C@@]1(C(=O)N2OCC[C@H]2c2ccc(F)c(F)c2)CCOC1. The van der Waals surface area contributed by atoms with Crippen LogP contribution in [0.2, 0.25) is 0 Å². The maximum atomic E-state index is 13.4. The van der Waals surface area contributed by atoms with Crippen LogP contribution in [0.4, 0.5) is 8.78 Å². The molecule has 4 nitrogen and oxygen atoms in total. The van der Waals surface area contributed by atoms with E-state index in [1.165, 1.54) is 11.1 Å². The third-order valence-corrected chi connectivity index (χ3v) is 4.17. The summed E-state index contributed by atoms with van der Waals surface area (Å²) in [5.74, 6) is -1.97. The molecule has 1 aromatic carbocycles. The average molecular weight is 297 g/mol. The molecule has 0 aromatic heterocycles. The van der Waals surface area contributed by atoms with Gasteiger partial charge in [0.15, 0.2) is 11.6 Å². The molecule has 0 radical (unpaired) electrons. The highest BCUT2D eigenvalue weighted by Gasteiger charge is 2.45. The standard InChI is InChI=1S/C15H17F2NO3/c1-15(5-7-20-9-15)14(19)18-13(4-6-21-18)10-2-3-11(16)12(17)8-10/h2-3,8,13H,4-7,9H2,1H3/t13-,15+/m0/s1. The number of carbonyl (C=O) groups excluding carboxylic acids is 1. The van der Waals surface area contributed by atoms with Crippen molar-refractivity contribution in [3.05, 3.63) is 35.4 Å². The van der Waals surface area contributed by atoms with Crippen molar-refractivity contribution in [3.63, 3.8) is 0 Å². The van der Waals surface area contributed by atoms with Gasteiger partial charge in [0, 0.05) is 13.0 Å². The lowest BCUT2D eigenvalue weighted by Gasteiger charge is -2.30. The number of nitrogens with zero attached hydrogens (tertiary/aromatic N) is 1. The second-order valence-corrected chi connectivity index (χ2v) is 5.81. The quantitative estimate of drug-likeness (QED) is 0.842. The number of hydrogen-bond donors (Lipinski definition) is 0. The predicted octanol–water partition coefficient (Wildman–Crippen LogP) is 2.60. The van der Waals surface area contributed by atoms with Gasteiger partial charge < -0.3 is 4.74 Å². The summed E-state index contributed by atoms with van der Waals surface area (Å²) in [6.45, 7) is 3.13. The van der Waals surface area contributed by atoms with Crippen LogP contribution < -0.4 is 0 Å². The summed E-state index contributed by atoms with van der Waals surface area (Å²) in [5, 5.41) is 1.31. The van der Waals surface area contributed by atoms with Gasteiger partial charge in [0.05, 0.1) is 24.7 Å². The number of hydrogen-bond acceptors (Lipinski definition) is 3. The topological polar surface area (TPSA) is 38.8 Å². The first-order chi connectivity index (χ1) is 10.0. The molecule has 0 N–H and O–H groups in total. The summed E-state index contributed by atoms with van der Waals surface area (Å²) in [6.07, 6.45) is 1.20. The molecule has 0 aliphatic carbocycles. The van der Waals surface area contributed by atoms with E-state index in [2.05, 4.69) is 0 Å². The van der Waals surface area contributed by atoms with Crippen LogP contribution in [-0.2, 0) is 14.4 Å². The van der Waals surface area contributed by atoms with Gasteiger partial charge in [-0.25, -0.2) is 13.8 Å². The van der Waals surface area contributed by atoms with Crippen molar-refractivity contribution in [3.8, 4) is 0 Å². The van der Waals surface area contributed by atoms with E-state index in [1.807, 2.05) is 6.92 Å². The lowest BCUT2D eigenvalue weighted by Crippen LogP contribution is -2.41. The minimum Gasteiger partial charge on any atom is -0.380 e. The molecular formula is C15H17F2NO3. The maximum Gasteiger partial charge on any atom is 0.255 e. The Hall–Kier alpha value is -1.53. The van der Waals surface area contributed by atoms with Crippen molar-refractivity contribution in [2.24, 2.45) is 5.41 Å². The fraction of sp³-hybridized carbons (Fsp3) is 0.533. The van der Waals surface area contributed by atoms with Gasteiger partial charge in [0.2, 0.25) is 0 Å². The minimum absolute atomic E-state index is 0.160. The summed E-state index contributed by atoms with van der Waals surface area (Å²) in [7, 11) is 0. The van der Waals surface area contributed by atoms with Crippen molar-refractivity contribution >= 4 is 5.91 Å². The van der Waals surface area contributed by atoms with Crippen LogP contribution in [0, 0.1) is 17.0 Å². The highest BCUT2D eigenvalue weighted by atomic mass is 19.2. The zero-order valence-electron chi connectivity index (χ0n) is 11.8. The van der Waals surface area contributed by atoms with E-state index in [4.69, 9.17) is 9.57 Å². The monoisotopic (exact) mass is 297 g/mol. The number of rotatable bonds is 2. The molecule has 21 heavy (non-hydrogen) atoms. The van der Waals surface area contributed by atoms with Crippen LogP contribution in [0.1, 0.15) is 31.4 Å². The van der Waals surface area contributed by atoms with Crippen molar-refractivity contribution in [1.29, 1.82) is 0 Å². The molecule has 0 bridgehead atoms. The van der Waals surface area contributed by atoms with Crippen LogP contribution in [0.15, 0.2) is 18.2 Å². The van der Waals surface area contributed by atoms with Gasteiger partial charge in [-0.05, 0) is 31.0 Å². The first-order valence-electron chi connectivity index (χ1n) is 7.00. The number of carbonyl (C=O) groups is 1. The first-order valence-corrected chi connectivity index (χ1v) is 7.00. The van der Waals surface area contributed by atoms with Crippen LogP contribution in [0.3, 0.4) is 0 Å². The smallest absolute Gasteiger partial charge is 0.255 e. The Bertz CT molecular complexity index is 558. The normalized spacial score (nSPS) is 29.1. The molecule has 0 unspecified atom stereocenters. The van der Waals surface area contributed by atoms with E-state index in [9.17, 15) is 13.6 Å². The summed E-state index contributed by atoms with van der Waals surface area (Å²) < 4.78 is 31.7. The Kier molecular flexibility index (Phi) is 3.67. The van der Waals surface area contributed by atoms with Crippen molar-refractivity contribution < 1.29 is 23.1 Å². The first kappa shape index (κ1) is 14.4. The molecule has 2 heterocycles. The Morgan fingerprint density at radius 1 is 1.33 bits per heavy atom. The molecule has 114 valence electrons. The van der Waals surface area contributed by atoms with Gasteiger partial charge in [-0.1, -0.05) is 6.07 Å². The Morgan fingerprint density at radius 2 is 2.14 bits per heavy atom. The molecule has 1 amide bonds. The van der Waals surface area contributed by atoms with E-state index >= 15 is 0 Å². The zero-order valence-corrected chi connectivity index (χ0v) is 11.8. The molecule has 2 atom stereocenters. The van der Waals surface area contributed by atoms with Crippen LogP contribution >= 0.6 is 0 Å². The number of benzene rings is 1. The third-order valence-electron chi connectivity index (χ3n) is 4.17. The highest BCUT2D eigenvalue weighted by molar-refractivity contribution is 5.82. The fourth-order valence-electron chi connectivity index (χ4n) is 2.79. The van der Waals surface area contributed by atoms with E-state index in [-0.39, 0.29) is 11.9 Å². The third kappa shape index (κ3) is 2.53. The number of ether oxygens (including phenoxy) is 1. The van der Waals surface area contributed by atoms with Crippen molar-refractivity contribution in [2.45, 2.75) is 25.8 Å². The van der Waals surface area contributed by atoms with E-state index in [1.54, 1.807) is 0 Å².